The Hall–Kier alpha value is -2.15. The number of rotatable bonds is 3. The molecule has 0 spiro atoms. The standard InChI is InChI=1S/C10H9N5OS/c16-10-14-13-9-4-8(12-6-15(9)10)11-5-7-2-1-3-17-7/h1-4,6,11H,5H2,(H,14,16). The summed E-state index contributed by atoms with van der Waals surface area (Å²) in [5.74, 6) is 0.699. The number of H-pyrrole nitrogens is 1. The normalized spacial score (nSPS) is 10.8. The van der Waals surface area contributed by atoms with E-state index in [-0.39, 0.29) is 5.69 Å². The van der Waals surface area contributed by atoms with E-state index in [0.717, 1.165) is 6.54 Å². The molecule has 3 aromatic heterocycles. The molecule has 0 unspecified atom stereocenters. The van der Waals surface area contributed by atoms with Crippen LogP contribution in [-0.2, 0) is 6.54 Å². The number of anilines is 1. The Labute approximate surface area is 100.0 Å². The Morgan fingerprint density at radius 1 is 1.53 bits per heavy atom. The fraction of sp³-hybridized carbons (Fsp3) is 0.100. The molecule has 0 bridgehead atoms. The van der Waals surface area contributed by atoms with Crippen molar-refractivity contribution < 1.29 is 0 Å². The molecule has 0 aliphatic rings. The van der Waals surface area contributed by atoms with Crippen molar-refractivity contribution in [2.45, 2.75) is 6.54 Å². The van der Waals surface area contributed by atoms with Gasteiger partial charge in [0.25, 0.3) is 0 Å². The topological polar surface area (TPSA) is 75.1 Å². The zero-order valence-corrected chi connectivity index (χ0v) is 9.57. The molecule has 0 fully saturated rings. The lowest BCUT2D eigenvalue weighted by Crippen LogP contribution is -2.10. The number of hydrogen-bond acceptors (Lipinski definition) is 5. The molecule has 0 aliphatic carbocycles. The van der Waals surface area contributed by atoms with Crippen LogP contribution in [0, 0.1) is 0 Å². The minimum atomic E-state index is -0.280. The molecule has 7 heteroatoms. The first-order chi connectivity index (χ1) is 8.33. The van der Waals surface area contributed by atoms with Crippen LogP contribution < -0.4 is 11.0 Å². The lowest BCUT2D eigenvalue weighted by atomic mass is 10.4. The van der Waals surface area contributed by atoms with Gasteiger partial charge in [-0.3, -0.25) is 0 Å². The molecule has 2 N–H and O–H groups in total. The number of nitrogens with zero attached hydrogens (tertiary/aromatic N) is 3. The molecule has 3 aromatic rings. The van der Waals surface area contributed by atoms with Crippen molar-refractivity contribution in [2.75, 3.05) is 5.32 Å². The van der Waals surface area contributed by atoms with Crippen LogP contribution in [0.1, 0.15) is 4.88 Å². The van der Waals surface area contributed by atoms with Crippen LogP contribution >= 0.6 is 11.3 Å². The van der Waals surface area contributed by atoms with E-state index in [1.165, 1.54) is 15.6 Å². The van der Waals surface area contributed by atoms with Crippen LogP contribution in [0.4, 0.5) is 5.82 Å². The van der Waals surface area contributed by atoms with Gasteiger partial charge < -0.3 is 5.32 Å². The van der Waals surface area contributed by atoms with Crippen LogP contribution in [0.25, 0.3) is 5.65 Å². The smallest absolute Gasteiger partial charge is 0.348 e. The summed E-state index contributed by atoms with van der Waals surface area (Å²) < 4.78 is 1.36. The Morgan fingerprint density at radius 2 is 2.47 bits per heavy atom. The van der Waals surface area contributed by atoms with Crippen molar-refractivity contribution in [3.63, 3.8) is 0 Å². The third kappa shape index (κ3) is 1.92. The van der Waals surface area contributed by atoms with Crippen molar-refractivity contribution in [1.82, 2.24) is 19.6 Å². The zero-order valence-electron chi connectivity index (χ0n) is 8.75. The molecule has 17 heavy (non-hydrogen) atoms. The number of hydrogen-bond donors (Lipinski definition) is 2. The second kappa shape index (κ2) is 4.02. The second-order valence-electron chi connectivity index (χ2n) is 3.46. The maximum atomic E-state index is 11.2. The van der Waals surface area contributed by atoms with Gasteiger partial charge >= 0.3 is 5.69 Å². The monoisotopic (exact) mass is 247 g/mol. The molecule has 3 rings (SSSR count). The SMILES string of the molecule is O=c1[nH]nc2cc(NCc3cccs3)ncn12. The number of aromatic nitrogens is 4. The minimum absolute atomic E-state index is 0.280. The van der Waals surface area contributed by atoms with Crippen LogP contribution in [0.15, 0.2) is 34.7 Å². The Balaban J connectivity index is 1.83. The zero-order chi connectivity index (χ0) is 11.7. The van der Waals surface area contributed by atoms with E-state index in [9.17, 15) is 4.79 Å². The van der Waals surface area contributed by atoms with Gasteiger partial charge in [-0.15, -0.1) is 11.3 Å². The molecular formula is C10H9N5OS. The maximum Gasteiger partial charge on any atom is 0.348 e. The van der Waals surface area contributed by atoms with Gasteiger partial charge in [0.05, 0.1) is 6.54 Å². The molecule has 0 radical (unpaired) electrons. The first-order valence-electron chi connectivity index (χ1n) is 5.02. The number of thiophene rings is 1. The van der Waals surface area contributed by atoms with Gasteiger partial charge in [0, 0.05) is 10.9 Å². The largest absolute Gasteiger partial charge is 0.365 e. The summed E-state index contributed by atoms with van der Waals surface area (Å²) in [5.41, 5.74) is 0.274. The van der Waals surface area contributed by atoms with Gasteiger partial charge in [-0.25, -0.2) is 19.3 Å². The average molecular weight is 247 g/mol. The van der Waals surface area contributed by atoms with Gasteiger partial charge in [0.2, 0.25) is 0 Å². The molecule has 6 nitrogen and oxygen atoms in total. The highest BCUT2D eigenvalue weighted by Gasteiger charge is 2.02. The molecule has 0 saturated carbocycles. The first kappa shape index (κ1) is 10.0. The highest BCUT2D eigenvalue weighted by Crippen LogP contribution is 2.11. The Morgan fingerprint density at radius 3 is 3.29 bits per heavy atom. The Kier molecular flexibility index (Phi) is 2.37. The summed E-state index contributed by atoms with van der Waals surface area (Å²) in [4.78, 5) is 16.6. The van der Waals surface area contributed by atoms with Crippen molar-refractivity contribution in [3.05, 3.63) is 45.3 Å². The minimum Gasteiger partial charge on any atom is -0.365 e. The van der Waals surface area contributed by atoms with E-state index in [4.69, 9.17) is 0 Å². The highest BCUT2D eigenvalue weighted by atomic mass is 32.1. The van der Waals surface area contributed by atoms with Crippen LogP contribution in [0.2, 0.25) is 0 Å². The number of nitrogens with one attached hydrogen (secondary N) is 2. The molecule has 0 amide bonds. The van der Waals surface area contributed by atoms with Crippen LogP contribution in [0.3, 0.4) is 0 Å². The third-order valence-corrected chi connectivity index (χ3v) is 3.21. The third-order valence-electron chi connectivity index (χ3n) is 2.33. The predicted molar refractivity (Wildman–Crippen MR) is 65.3 cm³/mol. The van der Waals surface area contributed by atoms with Gasteiger partial charge in [0.1, 0.15) is 12.1 Å². The fourth-order valence-electron chi connectivity index (χ4n) is 1.50. The highest BCUT2D eigenvalue weighted by molar-refractivity contribution is 7.09. The lowest BCUT2D eigenvalue weighted by Gasteiger charge is -2.03. The number of aromatic amines is 1. The summed E-state index contributed by atoms with van der Waals surface area (Å²) in [6.07, 6.45) is 1.46. The molecule has 0 atom stereocenters. The maximum absolute atomic E-state index is 11.2. The number of fused-ring (bicyclic) bond motifs is 1. The quantitative estimate of drug-likeness (QED) is 0.726. The van der Waals surface area contributed by atoms with Gasteiger partial charge in [-0.2, -0.15) is 5.10 Å². The summed E-state index contributed by atoms with van der Waals surface area (Å²) in [6, 6.07) is 5.78. The average Bonchev–Trinajstić information content (AvgIpc) is 2.97. The van der Waals surface area contributed by atoms with Crippen molar-refractivity contribution >= 4 is 22.8 Å². The second-order valence-corrected chi connectivity index (χ2v) is 4.50. The molecule has 0 aliphatic heterocycles. The van der Waals surface area contributed by atoms with E-state index in [1.807, 2.05) is 11.4 Å². The summed E-state index contributed by atoms with van der Waals surface area (Å²) in [7, 11) is 0. The van der Waals surface area contributed by atoms with Crippen molar-refractivity contribution in [1.29, 1.82) is 0 Å². The van der Waals surface area contributed by atoms with Crippen molar-refractivity contribution in [3.8, 4) is 0 Å². The molecule has 0 aromatic carbocycles. The lowest BCUT2D eigenvalue weighted by molar-refractivity contribution is 0.992. The fourth-order valence-corrected chi connectivity index (χ4v) is 2.14. The molecular weight excluding hydrogens is 238 g/mol. The summed E-state index contributed by atoms with van der Waals surface area (Å²) in [5, 5.41) is 11.4. The van der Waals surface area contributed by atoms with Crippen LogP contribution in [0.5, 0.6) is 0 Å². The van der Waals surface area contributed by atoms with Gasteiger partial charge in [-0.1, -0.05) is 6.07 Å². The van der Waals surface area contributed by atoms with E-state index >= 15 is 0 Å². The van der Waals surface area contributed by atoms with E-state index < -0.39 is 0 Å². The van der Waals surface area contributed by atoms with Gasteiger partial charge in [0.15, 0.2) is 5.65 Å². The molecule has 86 valence electrons. The molecule has 3 heterocycles. The predicted octanol–water partition coefficient (Wildman–Crippen LogP) is 1.09. The van der Waals surface area contributed by atoms with E-state index in [2.05, 4.69) is 26.6 Å². The summed E-state index contributed by atoms with van der Waals surface area (Å²) >= 11 is 1.68. The Bertz CT molecular complexity index is 684. The summed E-state index contributed by atoms with van der Waals surface area (Å²) in [6.45, 7) is 0.718. The van der Waals surface area contributed by atoms with Crippen molar-refractivity contribution in [2.24, 2.45) is 0 Å². The first-order valence-corrected chi connectivity index (χ1v) is 5.90. The van der Waals surface area contributed by atoms with Crippen LogP contribution in [-0.4, -0.2) is 19.6 Å². The van der Waals surface area contributed by atoms with Gasteiger partial charge in [-0.05, 0) is 11.4 Å². The van der Waals surface area contributed by atoms with E-state index in [1.54, 1.807) is 17.4 Å². The van der Waals surface area contributed by atoms with E-state index in [0.29, 0.717) is 11.5 Å². The molecule has 0 saturated heterocycles.